The van der Waals surface area contributed by atoms with Crippen LogP contribution in [-0.2, 0) is 4.84 Å². The van der Waals surface area contributed by atoms with Gasteiger partial charge in [0.15, 0.2) is 0 Å². The second-order valence-corrected chi connectivity index (χ2v) is 5.45. The molecular formula is C20H26N4O4. The van der Waals surface area contributed by atoms with Crippen molar-refractivity contribution in [3.05, 3.63) is 71.8 Å². The average molecular weight is 386 g/mol. The standard InChI is InChI=1S/C10H12N2O2.C7H6O.C3H8N2O/c1-2-11-10(13)12-9(14-12)8-6-4-3-5-7-8;8-6-7-4-2-1-3-5-7;1-2-5-3(4)6/h3-7,9H,2H2,1H3,(H,11,13);1-6H;2H2,1H3,(H3,4,5,6). The lowest BCUT2D eigenvalue weighted by atomic mass is 10.2. The number of carbonyl (C=O) groups excluding carboxylic acids is 3. The number of nitrogens with two attached hydrogens (primary N) is 1. The van der Waals surface area contributed by atoms with Gasteiger partial charge in [0.25, 0.3) is 0 Å². The lowest BCUT2D eigenvalue weighted by Gasteiger charge is -1.99. The molecule has 4 amide bonds. The van der Waals surface area contributed by atoms with Crippen molar-refractivity contribution in [3.8, 4) is 0 Å². The van der Waals surface area contributed by atoms with Gasteiger partial charge >= 0.3 is 12.1 Å². The van der Waals surface area contributed by atoms with E-state index in [4.69, 9.17) is 4.84 Å². The van der Waals surface area contributed by atoms with Crippen LogP contribution in [0.4, 0.5) is 9.59 Å². The van der Waals surface area contributed by atoms with Gasteiger partial charge in [-0.1, -0.05) is 60.7 Å². The largest absolute Gasteiger partial charge is 0.352 e. The number of rotatable bonds is 4. The van der Waals surface area contributed by atoms with Crippen molar-refractivity contribution in [1.82, 2.24) is 15.7 Å². The predicted octanol–water partition coefficient (Wildman–Crippen LogP) is 2.84. The van der Waals surface area contributed by atoms with Crippen molar-refractivity contribution in [2.45, 2.75) is 20.1 Å². The van der Waals surface area contributed by atoms with Gasteiger partial charge < -0.3 is 16.4 Å². The molecule has 2 aromatic carbocycles. The minimum Gasteiger partial charge on any atom is -0.352 e. The first-order valence-electron chi connectivity index (χ1n) is 8.85. The van der Waals surface area contributed by atoms with Gasteiger partial charge in [0.2, 0.25) is 6.23 Å². The minimum atomic E-state index is -0.461. The third kappa shape index (κ3) is 8.81. The summed E-state index contributed by atoms with van der Waals surface area (Å²) in [5, 5.41) is 6.35. The number of urea groups is 2. The molecule has 28 heavy (non-hydrogen) atoms. The summed E-state index contributed by atoms with van der Waals surface area (Å²) in [5.41, 5.74) is 6.38. The molecule has 1 atom stereocenters. The summed E-state index contributed by atoms with van der Waals surface area (Å²) < 4.78 is 0. The number of amides is 4. The van der Waals surface area contributed by atoms with Crippen molar-refractivity contribution in [1.29, 1.82) is 0 Å². The van der Waals surface area contributed by atoms with Crippen LogP contribution in [0.15, 0.2) is 60.7 Å². The lowest BCUT2D eigenvalue weighted by molar-refractivity contribution is 0.112. The minimum absolute atomic E-state index is 0.179. The van der Waals surface area contributed by atoms with E-state index < -0.39 is 6.03 Å². The van der Waals surface area contributed by atoms with Gasteiger partial charge in [-0.3, -0.25) is 4.79 Å². The zero-order chi connectivity index (χ0) is 20.8. The topological polar surface area (TPSA) is 117 Å². The number of carbonyl (C=O) groups is 3. The average Bonchev–Trinajstić information content (AvgIpc) is 3.51. The summed E-state index contributed by atoms with van der Waals surface area (Å²) in [5.74, 6) is 0. The van der Waals surface area contributed by atoms with Crippen LogP contribution < -0.4 is 16.4 Å². The van der Waals surface area contributed by atoms with Crippen LogP contribution >= 0.6 is 0 Å². The van der Waals surface area contributed by atoms with Gasteiger partial charge in [-0.05, 0) is 13.8 Å². The maximum atomic E-state index is 11.3. The Morgan fingerprint density at radius 1 is 1.00 bits per heavy atom. The Morgan fingerprint density at radius 2 is 1.54 bits per heavy atom. The SMILES string of the molecule is CCNC(=O)N1OC1c1ccccc1.CCNC(N)=O.O=Cc1ccccc1. The Kier molecular flexibility index (Phi) is 10.4. The highest BCUT2D eigenvalue weighted by molar-refractivity contribution is 5.75. The fourth-order valence-electron chi connectivity index (χ4n) is 1.98. The maximum absolute atomic E-state index is 11.3. The molecule has 2 aromatic rings. The molecule has 1 heterocycles. The third-order valence-electron chi connectivity index (χ3n) is 3.28. The fraction of sp³-hybridized carbons (Fsp3) is 0.250. The number of hydroxylamine groups is 2. The van der Waals surface area contributed by atoms with E-state index >= 15 is 0 Å². The molecule has 0 bridgehead atoms. The molecule has 4 N–H and O–H groups in total. The van der Waals surface area contributed by atoms with Crippen LogP contribution in [-0.4, -0.2) is 36.5 Å². The first-order chi connectivity index (χ1) is 13.5. The number of benzene rings is 2. The summed E-state index contributed by atoms with van der Waals surface area (Å²) >= 11 is 0. The fourth-order valence-corrected chi connectivity index (χ4v) is 1.98. The van der Waals surface area contributed by atoms with Crippen molar-refractivity contribution >= 4 is 18.3 Å². The summed E-state index contributed by atoms with van der Waals surface area (Å²) in [6, 6.07) is 18.1. The molecule has 150 valence electrons. The number of primary amides is 1. The molecule has 1 aliphatic heterocycles. The summed E-state index contributed by atoms with van der Waals surface area (Å²) in [7, 11) is 0. The van der Waals surface area contributed by atoms with Crippen molar-refractivity contribution in [2.24, 2.45) is 5.73 Å². The van der Waals surface area contributed by atoms with Crippen LogP contribution in [0.3, 0.4) is 0 Å². The Balaban J connectivity index is 0.000000238. The number of hydrogen-bond acceptors (Lipinski definition) is 4. The van der Waals surface area contributed by atoms with Crippen LogP contribution in [0, 0.1) is 0 Å². The highest BCUT2D eigenvalue weighted by Gasteiger charge is 2.42. The molecule has 8 heteroatoms. The van der Waals surface area contributed by atoms with E-state index in [-0.39, 0.29) is 12.3 Å². The Hall–Kier alpha value is -3.39. The summed E-state index contributed by atoms with van der Waals surface area (Å²) in [4.78, 5) is 36.1. The van der Waals surface area contributed by atoms with Crippen molar-refractivity contribution < 1.29 is 19.2 Å². The number of hydrogen-bond donors (Lipinski definition) is 3. The summed E-state index contributed by atoms with van der Waals surface area (Å²) in [6.45, 7) is 4.90. The van der Waals surface area contributed by atoms with E-state index in [0.717, 1.165) is 17.4 Å². The van der Waals surface area contributed by atoms with Crippen LogP contribution in [0.2, 0.25) is 0 Å². The van der Waals surface area contributed by atoms with Gasteiger partial charge in [-0.15, -0.1) is 0 Å². The molecule has 0 spiro atoms. The first-order valence-corrected chi connectivity index (χ1v) is 8.85. The van der Waals surface area contributed by atoms with Crippen LogP contribution in [0.25, 0.3) is 0 Å². The Morgan fingerprint density at radius 3 is 1.93 bits per heavy atom. The second kappa shape index (κ2) is 12.9. The van der Waals surface area contributed by atoms with Crippen molar-refractivity contribution in [2.75, 3.05) is 13.1 Å². The highest BCUT2D eigenvalue weighted by atomic mass is 16.8. The number of nitrogens with one attached hydrogen (secondary N) is 2. The quantitative estimate of drug-likeness (QED) is 0.553. The van der Waals surface area contributed by atoms with Gasteiger partial charge in [0.05, 0.1) is 0 Å². The van der Waals surface area contributed by atoms with E-state index in [2.05, 4.69) is 16.4 Å². The van der Waals surface area contributed by atoms with Gasteiger partial charge in [-0.2, -0.15) is 5.06 Å². The van der Waals surface area contributed by atoms with Gasteiger partial charge in [0.1, 0.15) is 6.29 Å². The van der Waals surface area contributed by atoms with Gasteiger partial charge in [-0.25, -0.2) is 14.4 Å². The number of aldehydes is 1. The lowest BCUT2D eigenvalue weighted by Crippen LogP contribution is -2.28. The first kappa shape index (κ1) is 22.7. The number of nitrogens with zero attached hydrogens (tertiary/aromatic N) is 1. The molecule has 3 rings (SSSR count). The van der Waals surface area contributed by atoms with Crippen molar-refractivity contribution in [3.63, 3.8) is 0 Å². The highest BCUT2D eigenvalue weighted by Crippen LogP contribution is 2.36. The molecule has 0 saturated carbocycles. The maximum Gasteiger partial charge on any atom is 0.344 e. The van der Waals surface area contributed by atoms with E-state index in [0.29, 0.717) is 13.1 Å². The predicted molar refractivity (Wildman–Crippen MR) is 106 cm³/mol. The van der Waals surface area contributed by atoms with Gasteiger partial charge in [0, 0.05) is 24.2 Å². The van der Waals surface area contributed by atoms with E-state index in [1.54, 1.807) is 12.1 Å². The van der Waals surface area contributed by atoms with E-state index in [9.17, 15) is 14.4 Å². The van der Waals surface area contributed by atoms with Crippen LogP contribution in [0.1, 0.15) is 36.0 Å². The normalized spacial score (nSPS) is 13.6. The third-order valence-corrected chi connectivity index (χ3v) is 3.28. The molecule has 0 aliphatic carbocycles. The monoisotopic (exact) mass is 386 g/mol. The van der Waals surface area contributed by atoms with Crippen LogP contribution in [0.5, 0.6) is 0 Å². The molecule has 8 nitrogen and oxygen atoms in total. The molecular weight excluding hydrogens is 360 g/mol. The molecule has 0 radical (unpaired) electrons. The molecule has 1 aliphatic rings. The Bertz CT molecular complexity index is 726. The zero-order valence-corrected chi connectivity index (χ0v) is 16.0. The molecule has 1 fully saturated rings. The van der Waals surface area contributed by atoms with E-state index in [1.165, 1.54) is 5.06 Å². The zero-order valence-electron chi connectivity index (χ0n) is 16.0. The van der Waals surface area contributed by atoms with E-state index in [1.807, 2.05) is 62.4 Å². The Labute approximate surface area is 164 Å². The summed E-state index contributed by atoms with van der Waals surface area (Å²) in [6.07, 6.45) is 0.628. The molecule has 1 saturated heterocycles. The molecule has 1 unspecified atom stereocenters. The smallest absolute Gasteiger partial charge is 0.344 e. The second-order valence-electron chi connectivity index (χ2n) is 5.45. The molecule has 0 aromatic heterocycles.